The first-order valence-corrected chi connectivity index (χ1v) is 16.6. The maximum absolute atomic E-state index is 11.6. The molecule has 29 heavy (non-hydrogen) atoms. The topological polar surface area (TPSA) is 54.4 Å². The average Bonchev–Trinajstić information content (AvgIpc) is 2.62. The summed E-state index contributed by atoms with van der Waals surface area (Å²) in [6.45, 7) is 9.15. The van der Waals surface area contributed by atoms with Crippen molar-refractivity contribution in [1.82, 2.24) is 0 Å². The van der Waals surface area contributed by atoms with Crippen LogP contribution in [0.2, 0.25) is 25.2 Å². The van der Waals surface area contributed by atoms with Crippen LogP contribution in [0.1, 0.15) is 88.7 Å². The summed E-state index contributed by atoms with van der Waals surface area (Å²) >= 11 is 0. The van der Waals surface area contributed by atoms with E-state index in [9.17, 15) is 13.0 Å². The fourth-order valence-electron chi connectivity index (χ4n) is 4.13. The molecular formula is C24H44O3SSi. The van der Waals surface area contributed by atoms with Crippen LogP contribution in [0.5, 0.6) is 0 Å². The predicted octanol–water partition coefficient (Wildman–Crippen LogP) is 7.80. The Labute approximate surface area is 181 Å². The Kier molecular flexibility index (Phi) is 12.4. The molecule has 0 aliphatic carbocycles. The van der Waals surface area contributed by atoms with E-state index in [0.29, 0.717) is 0 Å². The Hall–Kier alpha value is -0.653. The van der Waals surface area contributed by atoms with Gasteiger partial charge in [-0.05, 0) is 25.0 Å². The molecule has 1 N–H and O–H groups in total. The summed E-state index contributed by atoms with van der Waals surface area (Å²) in [5.74, 6) is 0. The maximum Gasteiger partial charge on any atom is 0.294 e. The zero-order valence-corrected chi connectivity index (χ0v) is 21.1. The largest absolute Gasteiger partial charge is 0.294 e. The third kappa shape index (κ3) is 11.9. The van der Waals surface area contributed by atoms with Crippen LogP contribution in [0.25, 0.3) is 0 Å². The summed E-state index contributed by atoms with van der Waals surface area (Å²) in [5, 5.41) is 0. The molecule has 0 spiro atoms. The highest BCUT2D eigenvalue weighted by Gasteiger charge is 2.21. The van der Waals surface area contributed by atoms with Crippen LogP contribution in [-0.4, -0.2) is 21.0 Å². The Morgan fingerprint density at radius 1 is 0.828 bits per heavy atom. The minimum atomic E-state index is -4.14. The minimum absolute atomic E-state index is 0.0808. The summed E-state index contributed by atoms with van der Waals surface area (Å²) in [7, 11) is -5.37. The molecule has 0 aromatic heterocycles. The lowest BCUT2D eigenvalue weighted by Crippen LogP contribution is -2.24. The summed E-state index contributed by atoms with van der Waals surface area (Å²) < 4.78 is 32.7. The molecule has 1 aromatic rings. The number of hydrogen-bond donors (Lipinski definition) is 1. The highest BCUT2D eigenvalue weighted by atomic mass is 32.2. The van der Waals surface area contributed by atoms with Crippen LogP contribution in [0.4, 0.5) is 0 Å². The van der Waals surface area contributed by atoms with Gasteiger partial charge in [-0.15, -0.1) is 0 Å². The van der Waals surface area contributed by atoms with E-state index in [-0.39, 0.29) is 4.90 Å². The van der Waals surface area contributed by atoms with Crippen LogP contribution in [0, 0.1) is 6.92 Å². The van der Waals surface area contributed by atoms with Crippen molar-refractivity contribution >= 4 is 18.2 Å². The molecule has 0 heterocycles. The summed E-state index contributed by atoms with van der Waals surface area (Å²) in [6, 6.07) is 7.76. The molecule has 0 unspecified atom stereocenters. The lowest BCUT2D eigenvalue weighted by molar-refractivity contribution is 0.482. The monoisotopic (exact) mass is 440 g/mol. The minimum Gasteiger partial charge on any atom is -0.282 e. The molecule has 0 saturated heterocycles. The van der Waals surface area contributed by atoms with Crippen molar-refractivity contribution in [3.63, 3.8) is 0 Å². The van der Waals surface area contributed by atoms with Gasteiger partial charge in [-0.3, -0.25) is 4.55 Å². The van der Waals surface area contributed by atoms with Gasteiger partial charge in [0.25, 0.3) is 10.1 Å². The van der Waals surface area contributed by atoms with Crippen molar-refractivity contribution in [3.05, 3.63) is 29.3 Å². The third-order valence-electron chi connectivity index (χ3n) is 6.00. The van der Waals surface area contributed by atoms with E-state index < -0.39 is 18.2 Å². The summed E-state index contributed by atoms with van der Waals surface area (Å²) in [6.07, 6.45) is 15.5. The molecule has 168 valence electrons. The van der Waals surface area contributed by atoms with E-state index >= 15 is 0 Å². The smallest absolute Gasteiger partial charge is 0.282 e. The first-order chi connectivity index (χ1) is 13.7. The summed E-state index contributed by atoms with van der Waals surface area (Å²) in [5.41, 5.74) is 1.80. The van der Waals surface area contributed by atoms with Crippen molar-refractivity contribution in [2.24, 2.45) is 0 Å². The van der Waals surface area contributed by atoms with E-state index in [0.717, 1.165) is 24.0 Å². The lowest BCUT2D eigenvalue weighted by atomic mass is 10.1. The number of aryl methyl sites for hydroxylation is 2. The SMILES string of the molecule is CCCCCCCCCCCC[Si](C)(C)CCCc1cc(C)ccc1S(=O)(=O)O. The van der Waals surface area contributed by atoms with Crippen LogP contribution >= 0.6 is 0 Å². The van der Waals surface area contributed by atoms with E-state index in [4.69, 9.17) is 0 Å². The molecule has 0 aliphatic rings. The van der Waals surface area contributed by atoms with Gasteiger partial charge in [0.15, 0.2) is 0 Å². The van der Waals surface area contributed by atoms with Crippen molar-refractivity contribution in [2.75, 3.05) is 0 Å². The third-order valence-corrected chi connectivity index (χ3v) is 10.4. The normalized spacial score (nSPS) is 12.4. The van der Waals surface area contributed by atoms with Crippen LogP contribution in [0.3, 0.4) is 0 Å². The van der Waals surface area contributed by atoms with Gasteiger partial charge in [0.2, 0.25) is 0 Å². The Bertz CT molecular complexity index is 683. The number of unbranched alkanes of at least 4 members (excludes halogenated alkanes) is 9. The van der Waals surface area contributed by atoms with Gasteiger partial charge in [-0.2, -0.15) is 8.42 Å². The molecule has 0 amide bonds. The average molecular weight is 441 g/mol. The molecule has 1 aromatic carbocycles. The molecule has 0 aliphatic heterocycles. The highest BCUT2D eigenvalue weighted by molar-refractivity contribution is 7.85. The van der Waals surface area contributed by atoms with E-state index in [1.165, 1.54) is 82.4 Å². The van der Waals surface area contributed by atoms with Gasteiger partial charge in [0.05, 0.1) is 4.90 Å². The number of hydrogen-bond acceptors (Lipinski definition) is 2. The highest BCUT2D eigenvalue weighted by Crippen LogP contribution is 2.25. The van der Waals surface area contributed by atoms with Gasteiger partial charge in [-0.1, -0.05) is 120 Å². The Morgan fingerprint density at radius 2 is 1.34 bits per heavy atom. The quantitative estimate of drug-likeness (QED) is 0.162. The van der Waals surface area contributed by atoms with Crippen molar-refractivity contribution in [3.8, 4) is 0 Å². The van der Waals surface area contributed by atoms with Crippen molar-refractivity contribution in [2.45, 2.75) is 121 Å². The second-order valence-electron chi connectivity index (χ2n) is 9.54. The molecule has 5 heteroatoms. The molecule has 3 nitrogen and oxygen atoms in total. The van der Waals surface area contributed by atoms with Crippen molar-refractivity contribution in [1.29, 1.82) is 0 Å². The van der Waals surface area contributed by atoms with Gasteiger partial charge >= 0.3 is 0 Å². The lowest BCUT2D eigenvalue weighted by Gasteiger charge is -2.22. The second-order valence-corrected chi connectivity index (χ2v) is 16.3. The Balaban J connectivity index is 2.25. The molecule has 0 radical (unpaired) electrons. The molecule has 0 fully saturated rings. The fourth-order valence-corrected chi connectivity index (χ4v) is 7.45. The van der Waals surface area contributed by atoms with Crippen molar-refractivity contribution < 1.29 is 13.0 Å². The van der Waals surface area contributed by atoms with Crippen LogP contribution < -0.4 is 0 Å². The molecule has 0 atom stereocenters. The second kappa shape index (κ2) is 13.6. The van der Waals surface area contributed by atoms with Crippen LogP contribution in [0.15, 0.2) is 23.1 Å². The van der Waals surface area contributed by atoms with Gasteiger partial charge < -0.3 is 0 Å². The van der Waals surface area contributed by atoms with Gasteiger partial charge in [0.1, 0.15) is 0 Å². The molecule has 0 bridgehead atoms. The fraction of sp³-hybridized carbons (Fsp3) is 0.750. The van der Waals surface area contributed by atoms with Gasteiger partial charge in [0, 0.05) is 8.07 Å². The van der Waals surface area contributed by atoms with Crippen LogP contribution in [-0.2, 0) is 16.5 Å². The Morgan fingerprint density at radius 3 is 1.90 bits per heavy atom. The van der Waals surface area contributed by atoms with E-state index in [2.05, 4.69) is 20.0 Å². The zero-order chi connectivity index (χ0) is 21.8. The maximum atomic E-state index is 11.6. The van der Waals surface area contributed by atoms with E-state index in [1.54, 1.807) is 6.07 Å². The first kappa shape index (κ1) is 26.4. The molecule has 1 rings (SSSR count). The summed E-state index contributed by atoms with van der Waals surface area (Å²) in [4.78, 5) is 0.0808. The zero-order valence-electron chi connectivity index (χ0n) is 19.3. The molecule has 0 saturated carbocycles. The van der Waals surface area contributed by atoms with Gasteiger partial charge in [-0.25, -0.2) is 0 Å². The number of benzene rings is 1. The number of rotatable bonds is 16. The standard InChI is InChI=1S/C24H44O3SSi/c1-5-6-7-8-9-10-11-12-13-14-19-29(3,4)20-15-16-23-21-22(2)17-18-24(23)28(25,26)27/h17-18,21H,5-16,19-20H2,1-4H3,(H,25,26,27). The van der Waals surface area contributed by atoms with E-state index in [1.807, 2.05) is 13.0 Å². The first-order valence-electron chi connectivity index (χ1n) is 11.7. The molecular weight excluding hydrogens is 396 g/mol. The predicted molar refractivity (Wildman–Crippen MR) is 128 cm³/mol.